The Hall–Kier alpha value is -2.74. The average molecular weight is 451 g/mol. The van der Waals surface area contributed by atoms with E-state index in [-0.39, 0.29) is 0 Å². The molecule has 1 atom stereocenters. The largest absolute Gasteiger partial charge is 0.390 e. The summed E-state index contributed by atoms with van der Waals surface area (Å²) < 4.78 is 0. The van der Waals surface area contributed by atoms with Crippen LogP contribution < -0.4 is 10.2 Å². The van der Waals surface area contributed by atoms with Crippen molar-refractivity contribution < 1.29 is 14.7 Å². The van der Waals surface area contributed by atoms with E-state index in [0.717, 1.165) is 76.1 Å². The average Bonchev–Trinajstić information content (AvgIpc) is 2.86. The molecule has 1 saturated heterocycles. The number of amides is 1. The molecule has 1 fully saturated rings. The lowest BCUT2D eigenvalue weighted by molar-refractivity contribution is -0.118. The molecule has 7 heteroatoms. The number of anilines is 1. The van der Waals surface area contributed by atoms with Crippen molar-refractivity contribution in [2.45, 2.75) is 25.5 Å². The number of rotatable bonds is 10. The number of nitrogens with one attached hydrogen (secondary N) is 1. The van der Waals surface area contributed by atoms with Gasteiger partial charge in [-0.05, 0) is 54.3 Å². The van der Waals surface area contributed by atoms with Gasteiger partial charge in [-0.25, -0.2) is 0 Å². The molecule has 0 spiro atoms. The number of piperazine rings is 1. The van der Waals surface area contributed by atoms with Crippen molar-refractivity contribution in [2.24, 2.45) is 0 Å². The maximum Gasteiger partial charge on any atom is 0.209 e. The van der Waals surface area contributed by atoms with Gasteiger partial charge in [0.2, 0.25) is 6.41 Å². The molecule has 2 N–H and O–H groups in total. The first-order chi connectivity index (χ1) is 16.2. The summed E-state index contributed by atoms with van der Waals surface area (Å²) in [6, 6.07) is 14.5. The number of hydrogen-bond donors (Lipinski definition) is 2. The lowest BCUT2D eigenvalue weighted by atomic mass is 10.00. The highest BCUT2D eigenvalue weighted by atomic mass is 16.3. The van der Waals surface area contributed by atoms with Gasteiger partial charge >= 0.3 is 0 Å². The highest BCUT2D eigenvalue weighted by Crippen LogP contribution is 2.21. The van der Waals surface area contributed by atoms with E-state index in [1.165, 1.54) is 11.1 Å². The lowest BCUT2D eigenvalue weighted by Crippen LogP contribution is -2.45. The maximum absolute atomic E-state index is 11.5. The summed E-state index contributed by atoms with van der Waals surface area (Å²) in [7, 11) is 0. The minimum atomic E-state index is -0.429. The number of hydrogen-bond acceptors (Lipinski definition) is 6. The van der Waals surface area contributed by atoms with Crippen molar-refractivity contribution >= 4 is 18.4 Å². The van der Waals surface area contributed by atoms with Crippen LogP contribution in [-0.4, -0.2) is 86.1 Å². The molecule has 176 valence electrons. The molecule has 7 nitrogen and oxygen atoms in total. The molecule has 2 aliphatic rings. The molecule has 2 aliphatic heterocycles. The number of aldehydes is 1. The summed E-state index contributed by atoms with van der Waals surface area (Å²) in [6.45, 7) is 6.78. The van der Waals surface area contributed by atoms with Gasteiger partial charge in [-0.2, -0.15) is 0 Å². The molecule has 0 bridgehead atoms. The Labute approximate surface area is 196 Å². The molecule has 2 heterocycles. The topological polar surface area (TPSA) is 76.1 Å². The molecular formula is C26H34N4O3. The summed E-state index contributed by atoms with van der Waals surface area (Å²) >= 11 is 0. The van der Waals surface area contributed by atoms with Crippen molar-refractivity contribution in [3.63, 3.8) is 0 Å². The minimum absolute atomic E-state index is 0.429. The van der Waals surface area contributed by atoms with Crippen molar-refractivity contribution in [1.29, 1.82) is 0 Å². The summed E-state index contributed by atoms with van der Waals surface area (Å²) in [6.07, 6.45) is 3.14. The molecule has 0 radical (unpaired) electrons. The Morgan fingerprint density at radius 3 is 2.55 bits per heavy atom. The van der Waals surface area contributed by atoms with Crippen LogP contribution in [0.5, 0.6) is 0 Å². The van der Waals surface area contributed by atoms with E-state index in [1.54, 1.807) is 4.90 Å². The molecule has 33 heavy (non-hydrogen) atoms. The van der Waals surface area contributed by atoms with Gasteiger partial charge in [-0.1, -0.05) is 24.3 Å². The van der Waals surface area contributed by atoms with Gasteiger partial charge in [0, 0.05) is 63.6 Å². The molecule has 2 aromatic rings. The van der Waals surface area contributed by atoms with Crippen LogP contribution in [0, 0.1) is 0 Å². The Morgan fingerprint density at radius 2 is 1.79 bits per heavy atom. The quantitative estimate of drug-likeness (QED) is 0.420. The predicted molar refractivity (Wildman–Crippen MR) is 130 cm³/mol. The van der Waals surface area contributed by atoms with E-state index < -0.39 is 6.10 Å². The standard InChI is InChI=1S/C26H34N4O3/c31-19-24-5-6-25(30-13-11-28(20-32)12-14-30)15-22(24)7-9-27-16-26(33)18-29-10-8-21-3-1-2-4-23(21)17-29/h1-6,15,19-20,26-27,33H,7-14,16-18H2/t26-/m0/s1. The van der Waals surface area contributed by atoms with Gasteiger partial charge in [0.15, 0.2) is 0 Å². The number of nitrogens with zero attached hydrogens (tertiary/aromatic N) is 3. The van der Waals surface area contributed by atoms with Crippen molar-refractivity contribution in [3.8, 4) is 0 Å². The van der Waals surface area contributed by atoms with Crippen molar-refractivity contribution in [1.82, 2.24) is 15.1 Å². The van der Waals surface area contributed by atoms with Crippen LogP contribution in [0.25, 0.3) is 0 Å². The highest BCUT2D eigenvalue weighted by Gasteiger charge is 2.19. The SMILES string of the molecule is O=Cc1ccc(N2CCN(C=O)CC2)cc1CCNC[C@H](O)CN1CCc2ccccc2C1. The third kappa shape index (κ3) is 6.19. The number of aliphatic hydroxyl groups excluding tert-OH is 1. The van der Waals surface area contributed by atoms with Crippen LogP contribution in [0.2, 0.25) is 0 Å². The van der Waals surface area contributed by atoms with E-state index in [2.05, 4.69) is 45.4 Å². The van der Waals surface area contributed by atoms with Gasteiger partial charge in [-0.15, -0.1) is 0 Å². The van der Waals surface area contributed by atoms with Gasteiger partial charge in [0.25, 0.3) is 0 Å². The second-order valence-electron chi connectivity index (χ2n) is 8.99. The Bertz CT molecular complexity index is 943. The molecule has 0 aliphatic carbocycles. The number of β-amino-alcohol motifs (C(OH)–C–C–N with tert-alkyl or cyclic N) is 1. The van der Waals surface area contributed by atoms with E-state index in [4.69, 9.17) is 0 Å². The molecule has 0 unspecified atom stereocenters. The monoisotopic (exact) mass is 450 g/mol. The third-order valence-corrected chi connectivity index (χ3v) is 6.71. The molecule has 2 aromatic carbocycles. The lowest BCUT2D eigenvalue weighted by Gasteiger charge is -2.34. The second kappa shape index (κ2) is 11.4. The van der Waals surface area contributed by atoms with Crippen molar-refractivity contribution in [2.75, 3.05) is 57.3 Å². The van der Waals surface area contributed by atoms with Crippen LogP contribution in [0.4, 0.5) is 5.69 Å². The van der Waals surface area contributed by atoms with E-state index >= 15 is 0 Å². The zero-order valence-electron chi connectivity index (χ0n) is 19.2. The molecule has 0 saturated carbocycles. The predicted octanol–water partition coefficient (Wildman–Crippen LogP) is 1.33. The summed E-state index contributed by atoms with van der Waals surface area (Å²) in [4.78, 5) is 28.8. The molecule has 4 rings (SSSR count). The molecule has 1 amide bonds. The van der Waals surface area contributed by atoms with Crippen LogP contribution in [0.3, 0.4) is 0 Å². The smallest absolute Gasteiger partial charge is 0.209 e. The van der Waals surface area contributed by atoms with Gasteiger partial charge in [-0.3, -0.25) is 14.5 Å². The Balaban J connectivity index is 1.23. The van der Waals surface area contributed by atoms with Crippen LogP contribution in [0.15, 0.2) is 42.5 Å². The normalized spacial score (nSPS) is 17.5. The fraction of sp³-hybridized carbons (Fsp3) is 0.462. The number of benzene rings is 2. The summed E-state index contributed by atoms with van der Waals surface area (Å²) in [5.41, 5.74) is 5.58. The zero-order chi connectivity index (χ0) is 23.0. The summed E-state index contributed by atoms with van der Waals surface area (Å²) in [5.74, 6) is 0. The van der Waals surface area contributed by atoms with Gasteiger partial charge < -0.3 is 20.2 Å². The van der Waals surface area contributed by atoms with E-state index in [9.17, 15) is 14.7 Å². The molecule has 0 aromatic heterocycles. The first kappa shape index (κ1) is 23.4. The second-order valence-corrected chi connectivity index (χ2v) is 8.99. The Morgan fingerprint density at radius 1 is 1.00 bits per heavy atom. The first-order valence-electron chi connectivity index (χ1n) is 11.9. The third-order valence-electron chi connectivity index (χ3n) is 6.71. The van der Waals surface area contributed by atoms with E-state index in [1.807, 2.05) is 12.1 Å². The van der Waals surface area contributed by atoms with Crippen molar-refractivity contribution in [3.05, 3.63) is 64.7 Å². The van der Waals surface area contributed by atoms with E-state index in [0.29, 0.717) is 25.2 Å². The number of carbonyl (C=O) groups is 2. The number of aliphatic hydroxyl groups is 1. The zero-order valence-corrected chi connectivity index (χ0v) is 19.2. The highest BCUT2D eigenvalue weighted by molar-refractivity contribution is 5.78. The number of fused-ring (bicyclic) bond motifs is 1. The fourth-order valence-corrected chi connectivity index (χ4v) is 4.77. The van der Waals surface area contributed by atoms with Gasteiger partial charge in [0.1, 0.15) is 6.29 Å². The first-order valence-corrected chi connectivity index (χ1v) is 11.9. The molecular weight excluding hydrogens is 416 g/mol. The maximum atomic E-state index is 11.5. The van der Waals surface area contributed by atoms with Gasteiger partial charge in [0.05, 0.1) is 6.10 Å². The fourth-order valence-electron chi connectivity index (χ4n) is 4.77. The number of carbonyl (C=O) groups excluding carboxylic acids is 2. The summed E-state index contributed by atoms with van der Waals surface area (Å²) in [5, 5.41) is 13.9. The van der Waals surface area contributed by atoms with Crippen LogP contribution in [-0.2, 0) is 24.2 Å². The van der Waals surface area contributed by atoms with Crippen LogP contribution in [0.1, 0.15) is 27.0 Å². The Kier molecular flexibility index (Phi) is 8.10. The van der Waals surface area contributed by atoms with Crippen LogP contribution >= 0.6 is 0 Å². The minimum Gasteiger partial charge on any atom is -0.390 e.